The van der Waals surface area contributed by atoms with Crippen molar-refractivity contribution in [1.82, 2.24) is 20.9 Å². The third-order valence-corrected chi connectivity index (χ3v) is 7.58. The normalized spacial score (nSPS) is 11.7. The topological polar surface area (TPSA) is 128 Å². The van der Waals surface area contributed by atoms with Crippen molar-refractivity contribution in [1.29, 1.82) is 0 Å². The number of carboxylic acid groups (broad SMARTS) is 1. The van der Waals surface area contributed by atoms with Crippen LogP contribution in [0.5, 0.6) is 0 Å². The molecule has 0 aromatic heterocycles. The molecule has 9 nitrogen and oxygen atoms in total. The van der Waals surface area contributed by atoms with Crippen LogP contribution >= 0.6 is 0 Å². The Labute approximate surface area is 260 Å². The summed E-state index contributed by atoms with van der Waals surface area (Å²) in [5.74, 6) is -1.21. The van der Waals surface area contributed by atoms with Gasteiger partial charge in [0.25, 0.3) is 0 Å². The van der Waals surface area contributed by atoms with E-state index in [1.807, 2.05) is 91.0 Å². The second-order valence-corrected chi connectivity index (χ2v) is 10.9. The second kappa shape index (κ2) is 17.5. The number of hydrogen-bond donors (Lipinski definition) is 4. The highest BCUT2D eigenvalue weighted by Gasteiger charge is 2.39. The van der Waals surface area contributed by atoms with Gasteiger partial charge in [-0.3, -0.25) is 14.4 Å². The van der Waals surface area contributed by atoms with Crippen LogP contribution in [0.2, 0.25) is 0 Å². The van der Waals surface area contributed by atoms with Crippen LogP contribution in [0.15, 0.2) is 91.0 Å². The zero-order valence-electron chi connectivity index (χ0n) is 25.6. The number of carbonyl (C=O) groups is 4. The van der Waals surface area contributed by atoms with E-state index in [2.05, 4.69) is 22.9 Å². The number of nitrogens with zero attached hydrogens (tertiary/aromatic N) is 1. The van der Waals surface area contributed by atoms with E-state index in [4.69, 9.17) is 5.11 Å². The molecule has 0 saturated heterocycles. The van der Waals surface area contributed by atoms with Crippen LogP contribution in [0.25, 0.3) is 0 Å². The minimum Gasteiger partial charge on any atom is -0.465 e. The van der Waals surface area contributed by atoms with Gasteiger partial charge in [0.05, 0.1) is 6.42 Å². The lowest BCUT2D eigenvalue weighted by atomic mass is 9.77. The van der Waals surface area contributed by atoms with Crippen molar-refractivity contribution in [2.24, 2.45) is 0 Å². The zero-order valence-corrected chi connectivity index (χ0v) is 25.6. The number of unbranched alkanes of at least 4 members (excludes halogenated alkanes) is 4. The van der Waals surface area contributed by atoms with Gasteiger partial charge in [-0.05, 0) is 23.1 Å². The average Bonchev–Trinajstić information content (AvgIpc) is 3.04. The van der Waals surface area contributed by atoms with Gasteiger partial charge in [-0.25, -0.2) is 4.79 Å². The number of benzene rings is 3. The molecule has 234 valence electrons. The Bertz CT molecular complexity index is 1240. The lowest BCUT2D eigenvalue weighted by molar-refractivity contribution is -0.137. The SMILES string of the molecule is CCCCCCCC(=O)N[C@H](CC(=O)NC(c1ccccc1)(c1ccccc1)c1ccccc1)C(=O)N(C)CCNC(=O)O. The van der Waals surface area contributed by atoms with Gasteiger partial charge in [0, 0.05) is 26.6 Å². The van der Waals surface area contributed by atoms with Crippen LogP contribution in [-0.2, 0) is 19.9 Å². The summed E-state index contributed by atoms with van der Waals surface area (Å²) in [7, 11) is 1.52. The molecule has 0 aliphatic heterocycles. The van der Waals surface area contributed by atoms with Gasteiger partial charge in [0.15, 0.2) is 0 Å². The third-order valence-electron chi connectivity index (χ3n) is 7.58. The first-order chi connectivity index (χ1) is 21.3. The number of carbonyl (C=O) groups excluding carboxylic acids is 3. The molecule has 0 spiro atoms. The molecular formula is C35H44N4O5. The largest absolute Gasteiger partial charge is 0.465 e. The fraction of sp³-hybridized carbons (Fsp3) is 0.371. The van der Waals surface area contributed by atoms with Crippen molar-refractivity contribution in [3.63, 3.8) is 0 Å². The first kappa shape index (κ1) is 33.8. The van der Waals surface area contributed by atoms with Gasteiger partial charge in [-0.15, -0.1) is 0 Å². The molecular weight excluding hydrogens is 556 g/mol. The van der Waals surface area contributed by atoms with E-state index in [1.165, 1.54) is 11.9 Å². The predicted molar refractivity (Wildman–Crippen MR) is 171 cm³/mol. The molecule has 4 N–H and O–H groups in total. The number of rotatable bonds is 17. The Morgan fingerprint density at radius 3 is 1.73 bits per heavy atom. The van der Waals surface area contributed by atoms with Gasteiger partial charge in [-0.2, -0.15) is 0 Å². The zero-order chi connectivity index (χ0) is 31.8. The van der Waals surface area contributed by atoms with E-state index < -0.39 is 29.5 Å². The molecule has 3 aromatic carbocycles. The van der Waals surface area contributed by atoms with Crippen LogP contribution in [0.4, 0.5) is 4.79 Å². The molecule has 0 fully saturated rings. The van der Waals surface area contributed by atoms with E-state index in [0.29, 0.717) is 6.42 Å². The van der Waals surface area contributed by atoms with Crippen molar-refractivity contribution < 1.29 is 24.3 Å². The maximum absolute atomic E-state index is 14.0. The molecule has 0 bridgehead atoms. The molecule has 3 aromatic rings. The third kappa shape index (κ3) is 9.69. The van der Waals surface area contributed by atoms with Crippen LogP contribution in [-0.4, -0.2) is 60.0 Å². The molecule has 0 unspecified atom stereocenters. The highest BCUT2D eigenvalue weighted by atomic mass is 16.4. The Hall–Kier alpha value is -4.66. The summed E-state index contributed by atoms with van der Waals surface area (Å²) >= 11 is 0. The summed E-state index contributed by atoms with van der Waals surface area (Å²) in [4.78, 5) is 52.7. The molecule has 0 heterocycles. The minimum atomic E-state index is -1.20. The first-order valence-corrected chi connectivity index (χ1v) is 15.3. The molecule has 0 aliphatic carbocycles. The summed E-state index contributed by atoms with van der Waals surface area (Å²) in [6.45, 7) is 2.22. The average molecular weight is 601 g/mol. The number of likely N-dealkylation sites (N-methyl/N-ethyl adjacent to an activating group) is 1. The van der Waals surface area contributed by atoms with Crippen molar-refractivity contribution in [2.45, 2.75) is 63.5 Å². The Morgan fingerprint density at radius 2 is 1.25 bits per heavy atom. The maximum Gasteiger partial charge on any atom is 0.404 e. The van der Waals surface area contributed by atoms with E-state index in [-0.39, 0.29) is 31.8 Å². The number of hydrogen-bond acceptors (Lipinski definition) is 4. The van der Waals surface area contributed by atoms with Gasteiger partial charge >= 0.3 is 6.09 Å². The highest BCUT2D eigenvalue weighted by Crippen LogP contribution is 2.37. The van der Waals surface area contributed by atoms with Gasteiger partial charge in [-0.1, -0.05) is 124 Å². The molecule has 4 amide bonds. The van der Waals surface area contributed by atoms with Crippen LogP contribution in [0, 0.1) is 0 Å². The highest BCUT2D eigenvalue weighted by molar-refractivity contribution is 5.92. The molecule has 44 heavy (non-hydrogen) atoms. The fourth-order valence-corrected chi connectivity index (χ4v) is 5.29. The van der Waals surface area contributed by atoms with Crippen molar-refractivity contribution in [2.75, 3.05) is 20.1 Å². The van der Waals surface area contributed by atoms with Crippen molar-refractivity contribution in [3.8, 4) is 0 Å². The van der Waals surface area contributed by atoms with E-state index in [9.17, 15) is 19.2 Å². The van der Waals surface area contributed by atoms with Gasteiger partial charge < -0.3 is 26.0 Å². The maximum atomic E-state index is 14.0. The van der Waals surface area contributed by atoms with Crippen LogP contribution in [0.1, 0.15) is 68.6 Å². The summed E-state index contributed by atoms with van der Waals surface area (Å²) < 4.78 is 0. The standard InChI is InChI=1S/C35H44N4O5/c1-3-4-5-6-16-23-31(40)37-30(33(42)39(2)25-24-36-34(43)44)26-32(41)38-35(27-17-10-7-11-18-27,28-19-12-8-13-20-28)29-21-14-9-15-22-29/h7-15,17-22,30,36H,3-6,16,23-26H2,1-2H3,(H,37,40)(H,38,41)(H,43,44)/t30-/m1/s1. The van der Waals surface area contributed by atoms with Crippen LogP contribution < -0.4 is 16.0 Å². The van der Waals surface area contributed by atoms with Crippen molar-refractivity contribution >= 4 is 23.8 Å². The lowest BCUT2D eigenvalue weighted by Gasteiger charge is -2.37. The summed E-state index contributed by atoms with van der Waals surface area (Å²) in [5, 5.41) is 17.2. The second-order valence-electron chi connectivity index (χ2n) is 10.9. The van der Waals surface area contributed by atoms with E-state index in [0.717, 1.165) is 42.4 Å². The van der Waals surface area contributed by atoms with E-state index >= 15 is 0 Å². The fourth-order valence-electron chi connectivity index (χ4n) is 5.29. The summed E-state index contributed by atoms with van der Waals surface area (Å²) in [6, 6.07) is 27.8. The molecule has 1 atom stereocenters. The van der Waals surface area contributed by atoms with Crippen molar-refractivity contribution in [3.05, 3.63) is 108 Å². The molecule has 0 saturated carbocycles. The Morgan fingerprint density at radius 1 is 0.750 bits per heavy atom. The predicted octanol–water partition coefficient (Wildman–Crippen LogP) is 5.06. The Balaban J connectivity index is 1.91. The Kier molecular flexibility index (Phi) is 13.4. The van der Waals surface area contributed by atoms with E-state index in [1.54, 1.807) is 0 Å². The molecule has 3 rings (SSSR count). The van der Waals surface area contributed by atoms with Gasteiger partial charge in [0.1, 0.15) is 11.6 Å². The quantitative estimate of drug-likeness (QED) is 0.127. The molecule has 0 radical (unpaired) electrons. The molecule has 0 aliphatic rings. The number of nitrogens with one attached hydrogen (secondary N) is 3. The smallest absolute Gasteiger partial charge is 0.404 e. The summed E-state index contributed by atoms with van der Waals surface area (Å²) in [5.41, 5.74) is 1.43. The summed E-state index contributed by atoms with van der Waals surface area (Å²) in [6.07, 6.45) is 3.59. The minimum absolute atomic E-state index is 0.0149. The van der Waals surface area contributed by atoms with Gasteiger partial charge in [0.2, 0.25) is 17.7 Å². The van der Waals surface area contributed by atoms with Crippen LogP contribution in [0.3, 0.4) is 0 Å². The monoisotopic (exact) mass is 600 g/mol. The first-order valence-electron chi connectivity index (χ1n) is 15.3. The lowest BCUT2D eigenvalue weighted by Crippen LogP contribution is -2.53. The number of amides is 4. The molecule has 9 heteroatoms.